The third-order valence-corrected chi connectivity index (χ3v) is 9.91. The molecule has 0 unspecified atom stereocenters. The predicted molar refractivity (Wildman–Crippen MR) is 152 cm³/mol. The maximum Gasteiger partial charge on any atom is 0.308 e. The number of ether oxygens (including phenoxy) is 2. The number of rotatable bonds is 4. The van der Waals surface area contributed by atoms with Crippen molar-refractivity contribution in [1.29, 1.82) is 0 Å². The number of hydrogen-bond acceptors (Lipinski definition) is 6. The van der Waals surface area contributed by atoms with Crippen LogP contribution in [0.15, 0.2) is 53.0 Å². The summed E-state index contributed by atoms with van der Waals surface area (Å²) in [7, 11) is 0. The van der Waals surface area contributed by atoms with Gasteiger partial charge in [-0.05, 0) is 104 Å². The van der Waals surface area contributed by atoms with Gasteiger partial charge in [0.2, 0.25) is 0 Å². The lowest BCUT2D eigenvalue weighted by atomic mass is 9.55. The molecular formula is C32H33BrN2O4. The van der Waals surface area contributed by atoms with Crippen LogP contribution in [0.3, 0.4) is 0 Å². The Labute approximate surface area is 237 Å². The molecule has 2 saturated carbocycles. The van der Waals surface area contributed by atoms with Gasteiger partial charge in [0.25, 0.3) is 0 Å². The first-order valence-electron chi connectivity index (χ1n) is 13.9. The van der Waals surface area contributed by atoms with Crippen LogP contribution in [0.4, 0.5) is 0 Å². The van der Waals surface area contributed by atoms with E-state index >= 15 is 0 Å². The van der Waals surface area contributed by atoms with Crippen LogP contribution in [-0.2, 0) is 20.7 Å². The smallest absolute Gasteiger partial charge is 0.308 e. The summed E-state index contributed by atoms with van der Waals surface area (Å²) in [6, 6.07) is 16.1. The topological polar surface area (TPSA) is 78.4 Å². The zero-order valence-electron chi connectivity index (χ0n) is 22.6. The number of benzene rings is 2. The summed E-state index contributed by atoms with van der Waals surface area (Å²) < 4.78 is 12.5. The second kappa shape index (κ2) is 10.2. The normalized spacial score (nSPS) is 27.2. The maximum absolute atomic E-state index is 12.0. The van der Waals surface area contributed by atoms with Gasteiger partial charge in [-0.15, -0.1) is 10.2 Å². The SMILES string of the molecule is CC(=O)Oc1cc2c(cc1-c1ccc(-c3ccc(Br)cc3)nn1)[C@H]1CC[C@]3(C)[C@@H](OC(C)=O)CC[C@H]3[C@@H]1CC2. The molecule has 0 radical (unpaired) electrons. The number of nitrogens with zero attached hydrogens (tertiary/aromatic N) is 2. The van der Waals surface area contributed by atoms with E-state index in [2.05, 4.69) is 45.2 Å². The van der Waals surface area contributed by atoms with Crippen molar-refractivity contribution < 1.29 is 19.1 Å². The first-order chi connectivity index (χ1) is 18.7. The highest BCUT2D eigenvalue weighted by Crippen LogP contribution is 2.62. The quantitative estimate of drug-likeness (QED) is 0.235. The number of halogens is 1. The highest BCUT2D eigenvalue weighted by Gasteiger charge is 2.56. The summed E-state index contributed by atoms with van der Waals surface area (Å²) in [5.74, 6) is 1.54. The summed E-state index contributed by atoms with van der Waals surface area (Å²) in [6.07, 6.45) is 6.22. The molecule has 5 atom stereocenters. The molecule has 2 fully saturated rings. The van der Waals surface area contributed by atoms with E-state index in [1.54, 1.807) is 0 Å². The number of esters is 2. The Balaban J connectivity index is 1.35. The summed E-state index contributed by atoms with van der Waals surface area (Å²) in [5.41, 5.74) is 5.90. The lowest BCUT2D eigenvalue weighted by molar-refractivity contribution is -0.154. The Bertz CT molecular complexity index is 1420. The number of fused-ring (bicyclic) bond motifs is 5. The Morgan fingerprint density at radius 2 is 1.67 bits per heavy atom. The van der Waals surface area contributed by atoms with Crippen LogP contribution in [0.1, 0.15) is 69.9 Å². The molecule has 0 amide bonds. The van der Waals surface area contributed by atoms with Crippen molar-refractivity contribution in [2.45, 2.75) is 71.3 Å². The van der Waals surface area contributed by atoms with E-state index in [4.69, 9.17) is 9.47 Å². The Morgan fingerprint density at radius 1 is 0.923 bits per heavy atom. The van der Waals surface area contributed by atoms with Crippen molar-refractivity contribution in [3.8, 4) is 28.3 Å². The molecule has 0 spiro atoms. The molecule has 1 aromatic heterocycles. The monoisotopic (exact) mass is 588 g/mol. The largest absolute Gasteiger partial charge is 0.462 e. The van der Waals surface area contributed by atoms with Gasteiger partial charge in [0.05, 0.1) is 11.4 Å². The zero-order valence-corrected chi connectivity index (χ0v) is 24.2. The number of carbonyl (C=O) groups excluding carboxylic acids is 2. The van der Waals surface area contributed by atoms with E-state index in [0.717, 1.165) is 59.8 Å². The van der Waals surface area contributed by atoms with Gasteiger partial charge < -0.3 is 9.47 Å². The van der Waals surface area contributed by atoms with Crippen molar-refractivity contribution >= 4 is 27.9 Å². The molecule has 3 aliphatic carbocycles. The maximum atomic E-state index is 12.0. The third kappa shape index (κ3) is 4.79. The fourth-order valence-corrected chi connectivity index (χ4v) is 7.90. The highest BCUT2D eigenvalue weighted by atomic mass is 79.9. The van der Waals surface area contributed by atoms with E-state index in [0.29, 0.717) is 29.2 Å². The average Bonchev–Trinajstić information content (AvgIpc) is 3.24. The van der Waals surface area contributed by atoms with Crippen LogP contribution in [0.25, 0.3) is 22.5 Å². The van der Waals surface area contributed by atoms with Crippen LogP contribution < -0.4 is 4.74 Å². The molecule has 0 aliphatic heterocycles. The lowest BCUT2D eigenvalue weighted by Gasteiger charge is -2.50. The van der Waals surface area contributed by atoms with Gasteiger partial charge in [-0.1, -0.05) is 35.0 Å². The van der Waals surface area contributed by atoms with Crippen LogP contribution in [-0.4, -0.2) is 28.2 Å². The van der Waals surface area contributed by atoms with Gasteiger partial charge in [0, 0.05) is 34.9 Å². The molecule has 3 aromatic rings. The summed E-state index contributed by atoms with van der Waals surface area (Å²) in [4.78, 5) is 23.8. The number of carbonyl (C=O) groups is 2. The highest BCUT2D eigenvalue weighted by molar-refractivity contribution is 9.10. The first-order valence-corrected chi connectivity index (χ1v) is 14.6. The van der Waals surface area contributed by atoms with Crippen LogP contribution in [0.2, 0.25) is 0 Å². The minimum absolute atomic E-state index is 0.0174. The van der Waals surface area contributed by atoms with Gasteiger partial charge in [0.1, 0.15) is 11.9 Å². The summed E-state index contributed by atoms with van der Waals surface area (Å²) in [5, 5.41) is 9.07. The molecule has 0 saturated heterocycles. The van der Waals surface area contributed by atoms with Crippen molar-refractivity contribution in [2.75, 3.05) is 0 Å². The molecule has 2 aromatic carbocycles. The molecule has 6 rings (SSSR count). The molecule has 1 heterocycles. The summed E-state index contributed by atoms with van der Waals surface area (Å²) in [6.45, 7) is 5.29. The van der Waals surface area contributed by atoms with Crippen LogP contribution >= 0.6 is 15.9 Å². The van der Waals surface area contributed by atoms with E-state index in [1.807, 2.05) is 36.4 Å². The average molecular weight is 590 g/mol. The van der Waals surface area contributed by atoms with E-state index < -0.39 is 0 Å². The van der Waals surface area contributed by atoms with Crippen molar-refractivity contribution in [3.63, 3.8) is 0 Å². The predicted octanol–water partition coefficient (Wildman–Crippen LogP) is 7.29. The minimum atomic E-state index is -0.347. The van der Waals surface area contributed by atoms with E-state index in [1.165, 1.54) is 25.0 Å². The van der Waals surface area contributed by atoms with Crippen LogP contribution in [0.5, 0.6) is 5.75 Å². The molecule has 0 bridgehead atoms. The van der Waals surface area contributed by atoms with E-state index in [-0.39, 0.29) is 23.5 Å². The fraction of sp³-hybridized carbons (Fsp3) is 0.438. The van der Waals surface area contributed by atoms with Gasteiger partial charge in [-0.25, -0.2) is 0 Å². The standard InChI is InChI=1S/C32H33BrN2O4/c1-18(36)38-30-16-21-6-9-24-23(14-15-32(3)27(24)10-13-31(32)39-19(2)37)25(21)17-26(30)29-12-11-28(34-35-29)20-4-7-22(33)8-5-20/h4-5,7-8,11-12,16-17,23-24,27,31H,6,9-10,13-15H2,1-3H3/t23-,24+,27-,31-,32-/m0/s1. The first kappa shape index (κ1) is 26.2. The van der Waals surface area contributed by atoms with Crippen molar-refractivity contribution in [2.24, 2.45) is 17.3 Å². The van der Waals surface area contributed by atoms with E-state index in [9.17, 15) is 9.59 Å². The fourth-order valence-electron chi connectivity index (χ4n) is 7.63. The summed E-state index contributed by atoms with van der Waals surface area (Å²) >= 11 is 3.47. The van der Waals surface area contributed by atoms with Gasteiger partial charge >= 0.3 is 11.9 Å². The van der Waals surface area contributed by atoms with Crippen molar-refractivity contribution in [3.05, 3.63) is 64.1 Å². The van der Waals surface area contributed by atoms with Gasteiger partial charge in [-0.2, -0.15) is 0 Å². The molecule has 202 valence electrons. The van der Waals surface area contributed by atoms with Crippen LogP contribution in [0, 0.1) is 17.3 Å². The molecular weight excluding hydrogens is 556 g/mol. The Morgan fingerprint density at radius 3 is 2.36 bits per heavy atom. The molecule has 7 heteroatoms. The van der Waals surface area contributed by atoms with Crippen molar-refractivity contribution in [1.82, 2.24) is 10.2 Å². The Kier molecular flexibility index (Phi) is 6.82. The second-order valence-corrected chi connectivity index (χ2v) is 12.5. The third-order valence-electron chi connectivity index (χ3n) is 9.38. The Hall–Kier alpha value is -3.06. The molecule has 39 heavy (non-hydrogen) atoms. The number of hydrogen-bond donors (Lipinski definition) is 0. The number of aromatic nitrogens is 2. The molecule has 3 aliphatic rings. The minimum Gasteiger partial charge on any atom is -0.462 e. The van der Waals surface area contributed by atoms with Gasteiger partial charge in [-0.3, -0.25) is 9.59 Å². The molecule has 0 N–H and O–H groups in total. The zero-order chi connectivity index (χ0) is 27.3. The second-order valence-electron chi connectivity index (χ2n) is 11.6. The van der Waals surface area contributed by atoms with Gasteiger partial charge in [0.15, 0.2) is 0 Å². The molecule has 6 nitrogen and oxygen atoms in total. The number of aryl methyl sites for hydroxylation is 1. The lowest BCUT2D eigenvalue weighted by Crippen LogP contribution is -2.45.